The number of ether oxygens (including phenoxy) is 1. The molecule has 164 valence electrons. The van der Waals surface area contributed by atoms with Crippen molar-refractivity contribution in [1.29, 1.82) is 0 Å². The van der Waals surface area contributed by atoms with E-state index in [-0.39, 0.29) is 11.4 Å². The van der Waals surface area contributed by atoms with Crippen molar-refractivity contribution in [3.63, 3.8) is 0 Å². The van der Waals surface area contributed by atoms with Crippen molar-refractivity contribution >= 4 is 22.2 Å². The third-order valence-corrected chi connectivity index (χ3v) is 6.21. The number of rotatable bonds is 6. The molecule has 0 saturated carbocycles. The topological polar surface area (TPSA) is 109 Å². The molecule has 2 N–H and O–H groups in total. The predicted molar refractivity (Wildman–Crippen MR) is 116 cm³/mol. The van der Waals surface area contributed by atoms with Crippen LogP contribution >= 0.6 is 0 Å². The Kier molecular flexibility index (Phi) is 8.61. The Morgan fingerprint density at radius 1 is 1.23 bits per heavy atom. The largest absolute Gasteiger partial charge is 0.483 e. The van der Waals surface area contributed by atoms with Crippen LogP contribution in [0, 0.1) is 6.92 Å². The highest BCUT2D eigenvalue weighted by Crippen LogP contribution is 2.29. The van der Waals surface area contributed by atoms with Crippen LogP contribution in [-0.4, -0.2) is 56.6 Å². The molecule has 8 nitrogen and oxygen atoms in total. The predicted octanol–water partition coefficient (Wildman–Crippen LogP) is 2.71. The Labute approximate surface area is 177 Å². The van der Waals surface area contributed by atoms with E-state index < -0.39 is 10.0 Å². The molecule has 0 spiro atoms. The lowest BCUT2D eigenvalue weighted by Gasteiger charge is -2.17. The van der Waals surface area contributed by atoms with Gasteiger partial charge < -0.3 is 14.7 Å². The highest BCUT2D eigenvalue weighted by atomic mass is 32.2. The number of carbonyl (C=O) groups is 1. The Bertz CT molecular complexity index is 946. The number of hydrogen-bond donors (Lipinski definition) is 2. The van der Waals surface area contributed by atoms with Crippen LogP contribution in [0.2, 0.25) is 0 Å². The molecule has 1 aliphatic rings. The van der Waals surface area contributed by atoms with Gasteiger partial charge in [0.25, 0.3) is 16.5 Å². The summed E-state index contributed by atoms with van der Waals surface area (Å²) in [5.74, 6) is 0.313. The molecule has 1 aromatic heterocycles. The average molecular weight is 436 g/mol. The SMILES string of the molecule is CCCN1CCc2cc(NS(=O)(=O)c3ccc(C)cc3)c(OC)nc2CC1.O=CO. The number of fused-ring (bicyclic) bond motifs is 1. The number of aromatic nitrogens is 1. The van der Waals surface area contributed by atoms with Crippen molar-refractivity contribution in [3.8, 4) is 5.88 Å². The number of anilines is 1. The van der Waals surface area contributed by atoms with Crippen molar-refractivity contribution in [3.05, 3.63) is 47.2 Å². The molecule has 3 rings (SSSR count). The summed E-state index contributed by atoms with van der Waals surface area (Å²) < 4.78 is 33.5. The van der Waals surface area contributed by atoms with Gasteiger partial charge in [-0.05, 0) is 50.1 Å². The zero-order valence-electron chi connectivity index (χ0n) is 17.6. The number of aryl methyl sites for hydroxylation is 1. The standard InChI is InChI=1S/C20H27N3O3S.CH2O2/c1-4-11-23-12-9-16-14-19(20(26-3)21-18(16)10-13-23)22-27(24,25)17-7-5-15(2)6-8-17;2-1-3/h5-8,14,22H,4,9-13H2,1-3H3;1H,(H,2,3). The van der Waals surface area contributed by atoms with E-state index in [1.54, 1.807) is 24.3 Å². The molecular weight excluding hydrogens is 406 g/mol. The molecule has 1 aliphatic heterocycles. The first-order chi connectivity index (χ1) is 14.3. The number of nitrogens with zero attached hydrogens (tertiary/aromatic N) is 2. The number of methoxy groups -OCH3 is 1. The van der Waals surface area contributed by atoms with Gasteiger partial charge >= 0.3 is 0 Å². The molecule has 0 saturated heterocycles. The minimum atomic E-state index is -3.70. The summed E-state index contributed by atoms with van der Waals surface area (Å²) in [6.45, 7) is 6.84. The second-order valence-corrected chi connectivity index (χ2v) is 8.70. The molecule has 0 aliphatic carbocycles. The molecule has 0 atom stereocenters. The molecule has 0 bridgehead atoms. The third kappa shape index (κ3) is 6.17. The van der Waals surface area contributed by atoms with Crippen LogP contribution in [0.4, 0.5) is 5.69 Å². The van der Waals surface area contributed by atoms with Crippen molar-refractivity contribution in [1.82, 2.24) is 9.88 Å². The van der Waals surface area contributed by atoms with Gasteiger partial charge in [-0.3, -0.25) is 9.52 Å². The molecule has 30 heavy (non-hydrogen) atoms. The Morgan fingerprint density at radius 2 is 1.87 bits per heavy atom. The molecule has 0 fully saturated rings. The van der Waals surface area contributed by atoms with E-state index in [0.29, 0.717) is 11.6 Å². The summed E-state index contributed by atoms with van der Waals surface area (Å²) in [6.07, 6.45) is 2.82. The fraction of sp³-hybridized carbons (Fsp3) is 0.429. The maximum atomic E-state index is 12.8. The van der Waals surface area contributed by atoms with Gasteiger partial charge in [0, 0.05) is 25.2 Å². The smallest absolute Gasteiger partial charge is 0.290 e. The van der Waals surface area contributed by atoms with Crippen LogP contribution in [0.3, 0.4) is 0 Å². The van der Waals surface area contributed by atoms with Crippen LogP contribution in [0.5, 0.6) is 5.88 Å². The molecule has 0 unspecified atom stereocenters. The van der Waals surface area contributed by atoms with Gasteiger partial charge in [-0.25, -0.2) is 13.4 Å². The van der Waals surface area contributed by atoms with Gasteiger partial charge in [0.2, 0.25) is 5.88 Å². The van der Waals surface area contributed by atoms with Crippen molar-refractivity contribution in [2.24, 2.45) is 0 Å². The Hall–Kier alpha value is -2.65. The molecule has 0 radical (unpaired) electrons. The Balaban J connectivity index is 0.00000101. The summed E-state index contributed by atoms with van der Waals surface area (Å²) in [4.78, 5) is 15.6. The minimum Gasteiger partial charge on any atom is -0.483 e. The quantitative estimate of drug-likeness (QED) is 0.672. The average Bonchev–Trinajstić information content (AvgIpc) is 2.90. The summed E-state index contributed by atoms with van der Waals surface area (Å²) in [5, 5.41) is 6.89. The minimum absolute atomic E-state index is 0.221. The van der Waals surface area contributed by atoms with E-state index in [4.69, 9.17) is 14.6 Å². The van der Waals surface area contributed by atoms with Crippen LogP contribution in [0.1, 0.15) is 30.2 Å². The summed E-state index contributed by atoms with van der Waals surface area (Å²) in [6, 6.07) is 8.64. The summed E-state index contributed by atoms with van der Waals surface area (Å²) in [5.41, 5.74) is 3.47. The highest BCUT2D eigenvalue weighted by molar-refractivity contribution is 7.92. The van der Waals surface area contributed by atoms with Crippen LogP contribution in [-0.2, 0) is 27.7 Å². The maximum Gasteiger partial charge on any atom is 0.290 e. The van der Waals surface area contributed by atoms with Crippen LogP contribution < -0.4 is 9.46 Å². The molecule has 2 aromatic rings. The monoisotopic (exact) mass is 435 g/mol. The number of pyridine rings is 1. The second kappa shape index (κ2) is 10.9. The first kappa shape index (κ1) is 23.6. The third-order valence-electron chi connectivity index (χ3n) is 4.83. The van der Waals surface area contributed by atoms with Crippen molar-refractivity contribution in [2.75, 3.05) is 31.5 Å². The van der Waals surface area contributed by atoms with E-state index in [0.717, 1.165) is 55.7 Å². The van der Waals surface area contributed by atoms with Gasteiger partial charge in [0.05, 0.1) is 12.0 Å². The molecule has 1 aromatic carbocycles. The van der Waals surface area contributed by atoms with Crippen molar-refractivity contribution in [2.45, 2.75) is 38.0 Å². The molecule has 9 heteroatoms. The van der Waals surface area contributed by atoms with Crippen LogP contribution in [0.25, 0.3) is 0 Å². The highest BCUT2D eigenvalue weighted by Gasteiger charge is 2.21. The molecule has 2 heterocycles. The van der Waals surface area contributed by atoms with Crippen molar-refractivity contribution < 1.29 is 23.1 Å². The first-order valence-corrected chi connectivity index (χ1v) is 11.3. The van der Waals surface area contributed by atoms with Gasteiger partial charge in [0.1, 0.15) is 5.69 Å². The van der Waals surface area contributed by atoms with Gasteiger partial charge in [0.15, 0.2) is 0 Å². The molecular formula is C21H29N3O5S. The number of benzene rings is 1. The lowest BCUT2D eigenvalue weighted by Crippen LogP contribution is -2.27. The van der Waals surface area contributed by atoms with Gasteiger partial charge in [-0.1, -0.05) is 24.6 Å². The molecule has 0 amide bonds. The normalized spacial score (nSPS) is 14.0. The number of sulfonamides is 1. The first-order valence-electron chi connectivity index (χ1n) is 9.81. The maximum absolute atomic E-state index is 12.8. The van der Waals surface area contributed by atoms with Gasteiger partial charge in [-0.2, -0.15) is 0 Å². The lowest BCUT2D eigenvalue weighted by molar-refractivity contribution is -0.122. The fourth-order valence-electron chi connectivity index (χ4n) is 3.35. The van der Waals surface area contributed by atoms with E-state index in [9.17, 15) is 8.42 Å². The van der Waals surface area contributed by atoms with Gasteiger partial charge in [-0.15, -0.1) is 0 Å². The van der Waals surface area contributed by atoms with Crippen LogP contribution in [0.15, 0.2) is 35.2 Å². The lowest BCUT2D eigenvalue weighted by atomic mass is 10.1. The summed E-state index contributed by atoms with van der Waals surface area (Å²) in [7, 11) is -2.19. The second-order valence-electron chi connectivity index (χ2n) is 7.02. The van der Waals surface area contributed by atoms with E-state index in [1.165, 1.54) is 7.11 Å². The number of carboxylic acid groups (broad SMARTS) is 1. The van der Waals surface area contributed by atoms with E-state index in [2.05, 4.69) is 21.5 Å². The Morgan fingerprint density at radius 3 is 2.47 bits per heavy atom. The number of nitrogens with one attached hydrogen (secondary N) is 1. The van der Waals surface area contributed by atoms with E-state index in [1.807, 2.05) is 13.0 Å². The zero-order chi connectivity index (χ0) is 22.1. The summed E-state index contributed by atoms with van der Waals surface area (Å²) >= 11 is 0. The van der Waals surface area contributed by atoms with E-state index >= 15 is 0 Å². The zero-order valence-corrected chi connectivity index (χ0v) is 18.4. The number of hydrogen-bond acceptors (Lipinski definition) is 6. The fourth-order valence-corrected chi connectivity index (χ4v) is 4.40.